The summed E-state index contributed by atoms with van der Waals surface area (Å²) >= 11 is 3.33. The van der Waals surface area contributed by atoms with E-state index >= 15 is 0 Å². The van der Waals surface area contributed by atoms with Gasteiger partial charge in [-0.1, -0.05) is 12.1 Å². The van der Waals surface area contributed by atoms with Crippen molar-refractivity contribution in [2.75, 3.05) is 7.11 Å². The smallest absolute Gasteiger partial charge is 0.247 e. The van der Waals surface area contributed by atoms with Crippen LogP contribution in [0.15, 0.2) is 34.8 Å². The van der Waals surface area contributed by atoms with E-state index in [0.29, 0.717) is 12.3 Å². The van der Waals surface area contributed by atoms with Crippen LogP contribution in [0.4, 0.5) is 4.39 Å². The molecule has 0 aliphatic carbocycles. The summed E-state index contributed by atoms with van der Waals surface area (Å²) in [5.41, 5.74) is 1.61. The van der Waals surface area contributed by atoms with Crippen molar-refractivity contribution in [1.82, 2.24) is 10.2 Å². The Morgan fingerprint density at radius 1 is 1.29 bits per heavy atom. The van der Waals surface area contributed by atoms with Crippen LogP contribution in [0.25, 0.3) is 0 Å². The third-order valence-corrected chi connectivity index (χ3v) is 2.80. The highest BCUT2D eigenvalue weighted by molar-refractivity contribution is 9.10. The van der Waals surface area contributed by atoms with Gasteiger partial charge in [-0.15, -0.1) is 5.10 Å². The zero-order valence-corrected chi connectivity index (χ0v) is 10.7. The molecule has 0 fully saturated rings. The molecule has 0 bridgehead atoms. The standard InChI is InChI=1S/C12H10BrFN2O/c1-17-12-11(13)7-10(15-16-12)6-8-3-2-4-9(14)5-8/h2-5,7H,6H2,1H3. The van der Waals surface area contributed by atoms with Gasteiger partial charge in [-0.25, -0.2) is 4.39 Å². The third-order valence-electron chi connectivity index (χ3n) is 2.23. The summed E-state index contributed by atoms with van der Waals surface area (Å²) in [6.07, 6.45) is 0.535. The lowest BCUT2D eigenvalue weighted by atomic mass is 10.1. The van der Waals surface area contributed by atoms with Crippen LogP contribution in [0.1, 0.15) is 11.3 Å². The van der Waals surface area contributed by atoms with Crippen LogP contribution in [0.3, 0.4) is 0 Å². The van der Waals surface area contributed by atoms with E-state index in [1.54, 1.807) is 6.07 Å². The third kappa shape index (κ3) is 3.00. The van der Waals surface area contributed by atoms with Crippen LogP contribution in [0.2, 0.25) is 0 Å². The lowest BCUT2D eigenvalue weighted by Crippen LogP contribution is -1.98. The number of rotatable bonds is 3. The minimum absolute atomic E-state index is 0.247. The molecular weight excluding hydrogens is 287 g/mol. The molecule has 1 aromatic heterocycles. The Bertz CT molecular complexity index is 534. The van der Waals surface area contributed by atoms with E-state index in [4.69, 9.17) is 4.74 Å². The quantitative estimate of drug-likeness (QED) is 0.873. The topological polar surface area (TPSA) is 35.0 Å². The Balaban J connectivity index is 2.22. The van der Waals surface area contributed by atoms with Crippen molar-refractivity contribution in [1.29, 1.82) is 0 Å². The first kappa shape index (κ1) is 12.0. The second kappa shape index (κ2) is 5.23. The summed E-state index contributed by atoms with van der Waals surface area (Å²) in [6, 6.07) is 8.25. The molecule has 0 saturated carbocycles. The molecule has 2 rings (SSSR count). The predicted molar refractivity (Wildman–Crippen MR) is 65.5 cm³/mol. The molecule has 0 amide bonds. The van der Waals surface area contributed by atoms with E-state index in [-0.39, 0.29) is 5.82 Å². The molecule has 0 saturated heterocycles. The summed E-state index contributed by atoms with van der Waals surface area (Å²) in [7, 11) is 1.53. The van der Waals surface area contributed by atoms with Crippen LogP contribution < -0.4 is 4.74 Å². The maximum Gasteiger partial charge on any atom is 0.247 e. The van der Waals surface area contributed by atoms with E-state index in [1.807, 2.05) is 12.1 Å². The minimum atomic E-state index is -0.247. The van der Waals surface area contributed by atoms with Crippen molar-refractivity contribution in [2.45, 2.75) is 6.42 Å². The fourth-order valence-electron chi connectivity index (χ4n) is 1.48. The van der Waals surface area contributed by atoms with Crippen LogP contribution in [0.5, 0.6) is 5.88 Å². The Morgan fingerprint density at radius 3 is 2.76 bits per heavy atom. The number of benzene rings is 1. The molecule has 0 aliphatic heterocycles. The van der Waals surface area contributed by atoms with E-state index in [2.05, 4.69) is 26.1 Å². The van der Waals surface area contributed by atoms with Crippen molar-refractivity contribution in [3.63, 3.8) is 0 Å². The Kier molecular flexibility index (Phi) is 3.68. The number of methoxy groups -OCH3 is 1. The SMILES string of the molecule is COc1nnc(Cc2cccc(F)c2)cc1Br. The summed E-state index contributed by atoms with van der Waals surface area (Å²) in [4.78, 5) is 0. The number of aromatic nitrogens is 2. The molecule has 0 radical (unpaired) electrons. The molecular formula is C12H10BrFN2O. The van der Waals surface area contributed by atoms with E-state index in [1.165, 1.54) is 19.2 Å². The molecule has 2 aromatic rings. The second-order valence-electron chi connectivity index (χ2n) is 3.50. The number of ether oxygens (including phenoxy) is 1. The lowest BCUT2D eigenvalue weighted by molar-refractivity contribution is 0.388. The van der Waals surface area contributed by atoms with E-state index in [9.17, 15) is 4.39 Å². The second-order valence-corrected chi connectivity index (χ2v) is 4.35. The zero-order valence-electron chi connectivity index (χ0n) is 9.15. The molecule has 17 heavy (non-hydrogen) atoms. The zero-order chi connectivity index (χ0) is 12.3. The Labute approximate surface area is 107 Å². The first-order chi connectivity index (χ1) is 8.19. The Hall–Kier alpha value is -1.49. The monoisotopic (exact) mass is 296 g/mol. The van der Waals surface area contributed by atoms with Crippen LogP contribution in [-0.4, -0.2) is 17.3 Å². The fourth-order valence-corrected chi connectivity index (χ4v) is 1.98. The van der Waals surface area contributed by atoms with Crippen molar-refractivity contribution in [3.8, 4) is 5.88 Å². The van der Waals surface area contributed by atoms with Gasteiger partial charge in [0.05, 0.1) is 17.3 Å². The molecule has 0 N–H and O–H groups in total. The largest absolute Gasteiger partial charge is 0.479 e. The van der Waals surface area contributed by atoms with Crippen LogP contribution in [0, 0.1) is 5.82 Å². The van der Waals surface area contributed by atoms with Gasteiger partial charge in [0.25, 0.3) is 0 Å². The number of hydrogen-bond acceptors (Lipinski definition) is 3. The molecule has 0 aliphatic rings. The number of hydrogen-bond donors (Lipinski definition) is 0. The molecule has 0 spiro atoms. The molecule has 1 heterocycles. The van der Waals surface area contributed by atoms with Gasteiger partial charge in [-0.2, -0.15) is 5.10 Å². The average Bonchev–Trinajstić information content (AvgIpc) is 2.29. The van der Waals surface area contributed by atoms with Gasteiger partial charge in [0.15, 0.2) is 0 Å². The fraction of sp³-hybridized carbons (Fsp3) is 0.167. The van der Waals surface area contributed by atoms with Gasteiger partial charge in [-0.3, -0.25) is 0 Å². The summed E-state index contributed by atoms with van der Waals surface area (Å²) < 4.78 is 18.7. The molecule has 0 atom stereocenters. The molecule has 3 nitrogen and oxygen atoms in total. The number of halogens is 2. The van der Waals surface area contributed by atoms with Crippen molar-refractivity contribution in [3.05, 3.63) is 51.9 Å². The predicted octanol–water partition coefficient (Wildman–Crippen LogP) is 2.98. The van der Waals surface area contributed by atoms with E-state index in [0.717, 1.165) is 15.7 Å². The lowest BCUT2D eigenvalue weighted by Gasteiger charge is -2.04. The van der Waals surface area contributed by atoms with Crippen molar-refractivity contribution in [2.24, 2.45) is 0 Å². The van der Waals surface area contributed by atoms with Gasteiger partial charge in [0.2, 0.25) is 5.88 Å². The maximum absolute atomic E-state index is 13.0. The maximum atomic E-state index is 13.0. The first-order valence-electron chi connectivity index (χ1n) is 4.99. The van der Waals surface area contributed by atoms with Crippen molar-refractivity contribution >= 4 is 15.9 Å². The summed E-state index contributed by atoms with van der Waals surface area (Å²) in [6.45, 7) is 0. The van der Waals surface area contributed by atoms with Gasteiger partial charge in [0.1, 0.15) is 5.82 Å². The highest BCUT2D eigenvalue weighted by Gasteiger charge is 2.05. The van der Waals surface area contributed by atoms with Gasteiger partial charge < -0.3 is 4.74 Å². The summed E-state index contributed by atoms with van der Waals surface area (Å²) in [5, 5.41) is 7.91. The molecule has 1 aromatic carbocycles. The van der Waals surface area contributed by atoms with Gasteiger partial charge >= 0.3 is 0 Å². The summed E-state index contributed by atoms with van der Waals surface area (Å²) in [5.74, 6) is 0.191. The number of nitrogens with zero attached hydrogens (tertiary/aromatic N) is 2. The molecule has 5 heteroatoms. The van der Waals surface area contributed by atoms with Gasteiger partial charge in [0, 0.05) is 6.42 Å². The Morgan fingerprint density at radius 2 is 2.12 bits per heavy atom. The van der Waals surface area contributed by atoms with Gasteiger partial charge in [-0.05, 0) is 39.7 Å². The molecule has 88 valence electrons. The minimum Gasteiger partial charge on any atom is -0.479 e. The molecule has 0 unspecified atom stereocenters. The highest BCUT2D eigenvalue weighted by Crippen LogP contribution is 2.22. The average molecular weight is 297 g/mol. The van der Waals surface area contributed by atoms with Crippen molar-refractivity contribution < 1.29 is 9.13 Å². The van der Waals surface area contributed by atoms with Crippen LogP contribution >= 0.6 is 15.9 Å². The first-order valence-corrected chi connectivity index (χ1v) is 5.79. The van der Waals surface area contributed by atoms with E-state index < -0.39 is 0 Å². The van der Waals surface area contributed by atoms with Crippen LogP contribution in [-0.2, 0) is 6.42 Å². The normalized spacial score (nSPS) is 10.3. The highest BCUT2D eigenvalue weighted by atomic mass is 79.9.